The molecule has 32 heavy (non-hydrogen) atoms. The Morgan fingerprint density at radius 3 is 2.66 bits per heavy atom. The molecule has 168 valence electrons. The number of anilines is 1. The summed E-state index contributed by atoms with van der Waals surface area (Å²) >= 11 is 0. The van der Waals surface area contributed by atoms with Crippen molar-refractivity contribution in [2.75, 3.05) is 58.2 Å². The van der Waals surface area contributed by atoms with Crippen LogP contribution >= 0.6 is 0 Å². The quantitative estimate of drug-likeness (QED) is 0.756. The van der Waals surface area contributed by atoms with Crippen molar-refractivity contribution in [1.82, 2.24) is 9.80 Å². The lowest BCUT2D eigenvalue weighted by Gasteiger charge is -2.36. The van der Waals surface area contributed by atoms with Gasteiger partial charge in [0.15, 0.2) is 6.10 Å². The van der Waals surface area contributed by atoms with Crippen LogP contribution in [0.25, 0.3) is 6.08 Å². The van der Waals surface area contributed by atoms with Crippen LogP contribution in [0.15, 0.2) is 59.3 Å². The average molecular weight is 433 g/mol. The summed E-state index contributed by atoms with van der Waals surface area (Å²) in [5.41, 5.74) is 5.83. The van der Waals surface area contributed by atoms with E-state index in [1.807, 2.05) is 13.1 Å². The van der Waals surface area contributed by atoms with E-state index < -0.39 is 0 Å². The predicted molar refractivity (Wildman–Crippen MR) is 129 cm³/mol. The van der Waals surface area contributed by atoms with E-state index in [0.717, 1.165) is 62.0 Å². The number of nitrogens with one attached hydrogen (secondary N) is 1. The second kappa shape index (κ2) is 9.35. The molecule has 0 radical (unpaired) electrons. The molecule has 0 aromatic heterocycles. The van der Waals surface area contributed by atoms with Gasteiger partial charge in [-0.1, -0.05) is 47.1 Å². The van der Waals surface area contributed by atoms with Gasteiger partial charge in [0.25, 0.3) is 0 Å². The van der Waals surface area contributed by atoms with Gasteiger partial charge in [-0.3, -0.25) is 9.80 Å². The minimum atomic E-state index is 0.0633. The lowest BCUT2D eigenvalue weighted by atomic mass is 9.90. The highest BCUT2D eigenvalue weighted by molar-refractivity contribution is 6.06. The Hall–Kier alpha value is -2.83. The van der Waals surface area contributed by atoms with Crippen molar-refractivity contribution in [3.8, 4) is 5.75 Å². The third-order valence-corrected chi connectivity index (χ3v) is 6.64. The number of rotatable bonds is 6. The molecule has 2 aromatic rings. The number of oxime groups is 1. The van der Waals surface area contributed by atoms with Crippen molar-refractivity contribution in [3.05, 3.63) is 65.2 Å². The van der Waals surface area contributed by atoms with Crippen LogP contribution in [0.1, 0.15) is 18.1 Å². The van der Waals surface area contributed by atoms with Crippen LogP contribution in [0.5, 0.6) is 5.75 Å². The number of hydrogen-bond acceptors (Lipinski definition) is 6. The number of hydrogen-bond donors (Lipinski definition) is 1. The molecule has 6 heteroatoms. The van der Waals surface area contributed by atoms with Crippen LogP contribution in [0, 0.1) is 5.92 Å². The van der Waals surface area contributed by atoms with Crippen molar-refractivity contribution < 1.29 is 9.57 Å². The van der Waals surface area contributed by atoms with Crippen LogP contribution in [0.4, 0.5) is 5.69 Å². The molecule has 3 aliphatic heterocycles. The van der Waals surface area contributed by atoms with Gasteiger partial charge in [-0.25, -0.2) is 0 Å². The first-order valence-corrected chi connectivity index (χ1v) is 11.6. The second-order valence-corrected chi connectivity index (χ2v) is 8.98. The van der Waals surface area contributed by atoms with Crippen LogP contribution in [-0.4, -0.2) is 74.5 Å². The van der Waals surface area contributed by atoms with E-state index in [1.54, 1.807) is 0 Å². The van der Waals surface area contributed by atoms with Gasteiger partial charge in [0.05, 0.1) is 5.92 Å². The third-order valence-electron chi connectivity index (χ3n) is 6.64. The first kappa shape index (κ1) is 21.0. The Kier molecular flexibility index (Phi) is 6.14. The maximum atomic E-state index is 6.08. The monoisotopic (exact) mass is 432 g/mol. The van der Waals surface area contributed by atoms with Crippen LogP contribution in [0.2, 0.25) is 0 Å². The van der Waals surface area contributed by atoms with Crippen molar-refractivity contribution in [3.63, 3.8) is 0 Å². The van der Waals surface area contributed by atoms with Crippen LogP contribution < -0.4 is 10.1 Å². The number of ether oxygens (including phenoxy) is 1. The van der Waals surface area contributed by atoms with E-state index in [2.05, 4.69) is 75.7 Å². The molecule has 0 bridgehead atoms. The summed E-state index contributed by atoms with van der Waals surface area (Å²) in [6, 6.07) is 16.7. The van der Waals surface area contributed by atoms with Gasteiger partial charge < -0.3 is 14.9 Å². The molecule has 6 nitrogen and oxygen atoms in total. The van der Waals surface area contributed by atoms with Crippen LogP contribution in [-0.2, 0) is 4.84 Å². The Morgan fingerprint density at radius 1 is 1.09 bits per heavy atom. The first-order valence-electron chi connectivity index (χ1n) is 11.6. The topological polar surface area (TPSA) is 49.3 Å². The molecular formula is C26H32N4O2. The SMILES string of the molecule is CNc1ccc2c(c1)OCC1C2=NOC1CN1CCN(C/C(C)=C/c2ccccc2)CC1. The van der Waals surface area contributed by atoms with Gasteiger partial charge in [0.1, 0.15) is 18.1 Å². The predicted octanol–water partition coefficient (Wildman–Crippen LogP) is 3.56. The van der Waals surface area contributed by atoms with Gasteiger partial charge in [0.2, 0.25) is 0 Å². The van der Waals surface area contributed by atoms with Crippen molar-refractivity contribution >= 4 is 17.5 Å². The Bertz CT molecular complexity index is 996. The largest absolute Gasteiger partial charge is 0.492 e. The molecule has 0 amide bonds. The van der Waals surface area contributed by atoms with E-state index in [-0.39, 0.29) is 12.0 Å². The fourth-order valence-corrected chi connectivity index (χ4v) is 4.84. The van der Waals surface area contributed by atoms with E-state index in [1.165, 1.54) is 11.1 Å². The minimum absolute atomic E-state index is 0.0633. The number of piperazine rings is 1. The maximum Gasteiger partial charge on any atom is 0.151 e. The molecule has 0 saturated carbocycles. The normalized spacial score (nSPS) is 23.6. The highest BCUT2D eigenvalue weighted by Crippen LogP contribution is 2.35. The molecule has 1 saturated heterocycles. The number of nitrogens with zero attached hydrogens (tertiary/aromatic N) is 3. The molecule has 2 aromatic carbocycles. The molecule has 5 rings (SSSR count). The molecule has 2 unspecified atom stereocenters. The zero-order chi connectivity index (χ0) is 21.9. The molecule has 0 aliphatic carbocycles. The zero-order valence-electron chi connectivity index (χ0n) is 19.0. The van der Waals surface area contributed by atoms with Gasteiger partial charge in [0, 0.05) is 63.6 Å². The molecule has 0 spiro atoms. The third kappa shape index (κ3) is 4.52. The minimum Gasteiger partial charge on any atom is -0.492 e. The lowest BCUT2D eigenvalue weighted by Crippen LogP contribution is -2.50. The fourth-order valence-electron chi connectivity index (χ4n) is 4.84. The van der Waals surface area contributed by atoms with E-state index in [4.69, 9.17) is 9.57 Å². The summed E-state index contributed by atoms with van der Waals surface area (Å²) in [6.45, 7) is 9.06. The Morgan fingerprint density at radius 2 is 1.88 bits per heavy atom. The summed E-state index contributed by atoms with van der Waals surface area (Å²) < 4.78 is 6.08. The first-order chi connectivity index (χ1) is 15.7. The van der Waals surface area contributed by atoms with Crippen LogP contribution in [0.3, 0.4) is 0 Å². The smallest absolute Gasteiger partial charge is 0.151 e. The van der Waals surface area contributed by atoms with Gasteiger partial charge in [-0.15, -0.1) is 0 Å². The van der Waals surface area contributed by atoms with Crippen molar-refractivity contribution in [2.24, 2.45) is 11.1 Å². The van der Waals surface area contributed by atoms with Crippen molar-refractivity contribution in [2.45, 2.75) is 13.0 Å². The van der Waals surface area contributed by atoms with Gasteiger partial charge in [-0.05, 0) is 24.6 Å². The highest BCUT2D eigenvalue weighted by atomic mass is 16.6. The van der Waals surface area contributed by atoms with Crippen molar-refractivity contribution in [1.29, 1.82) is 0 Å². The lowest BCUT2D eigenvalue weighted by molar-refractivity contribution is 0.0101. The van der Waals surface area contributed by atoms with E-state index in [0.29, 0.717) is 6.61 Å². The summed E-state index contributed by atoms with van der Waals surface area (Å²) in [7, 11) is 1.92. The number of fused-ring (bicyclic) bond motifs is 3. The Balaban J connectivity index is 1.13. The molecular weight excluding hydrogens is 400 g/mol. The molecule has 1 fully saturated rings. The number of benzene rings is 2. The molecule has 1 N–H and O–H groups in total. The van der Waals surface area contributed by atoms with E-state index >= 15 is 0 Å². The molecule has 3 heterocycles. The summed E-state index contributed by atoms with van der Waals surface area (Å²) in [5, 5.41) is 7.63. The second-order valence-electron chi connectivity index (χ2n) is 8.98. The average Bonchev–Trinajstić information content (AvgIpc) is 3.23. The zero-order valence-corrected chi connectivity index (χ0v) is 19.0. The maximum absolute atomic E-state index is 6.08. The Labute approximate surface area is 190 Å². The standard InChI is InChI=1S/C26H32N4O2/c1-19(14-20-6-4-3-5-7-20)16-29-10-12-30(13-11-29)17-25-23-18-31-24-15-21(27-2)8-9-22(24)26(23)28-32-25/h3-9,14-15,23,25,27H,10-13,16-18H2,1-2H3/b19-14+. The fraction of sp³-hybridized carbons (Fsp3) is 0.423. The summed E-state index contributed by atoms with van der Waals surface area (Å²) in [4.78, 5) is 11.0. The molecule has 3 aliphatic rings. The highest BCUT2D eigenvalue weighted by Gasteiger charge is 2.40. The van der Waals surface area contributed by atoms with E-state index in [9.17, 15) is 0 Å². The van der Waals surface area contributed by atoms with Gasteiger partial charge in [-0.2, -0.15) is 0 Å². The van der Waals surface area contributed by atoms with Gasteiger partial charge >= 0.3 is 0 Å². The molecule has 2 atom stereocenters. The summed E-state index contributed by atoms with van der Waals surface area (Å²) in [5.74, 6) is 1.10. The summed E-state index contributed by atoms with van der Waals surface area (Å²) in [6.07, 6.45) is 2.35.